The van der Waals surface area contributed by atoms with Gasteiger partial charge in [0.2, 0.25) is 20.0 Å². The molecule has 0 radical (unpaired) electrons. The van der Waals surface area contributed by atoms with E-state index < -0.39 is 25.6 Å². The molecule has 1 aromatic rings. The van der Waals surface area contributed by atoms with Crippen LogP contribution in [0.5, 0.6) is 0 Å². The minimum Gasteiger partial charge on any atom is -0.389 e. The second-order valence-electron chi connectivity index (χ2n) is 7.05. The van der Waals surface area contributed by atoms with E-state index in [1.54, 1.807) is 6.92 Å². The maximum atomic E-state index is 12.4. The second kappa shape index (κ2) is 6.53. The number of nitrogens with zero attached hydrogens (tertiary/aromatic N) is 1. The lowest BCUT2D eigenvalue weighted by atomic mass is 10.0. The first kappa shape index (κ1) is 18.6. The highest BCUT2D eigenvalue weighted by Gasteiger charge is 2.40. The first-order chi connectivity index (χ1) is 11.6. The third-order valence-corrected chi connectivity index (χ3v) is 8.15. The van der Waals surface area contributed by atoms with Gasteiger partial charge < -0.3 is 5.11 Å². The van der Waals surface area contributed by atoms with E-state index in [0.717, 1.165) is 19.3 Å². The molecule has 1 saturated heterocycles. The summed E-state index contributed by atoms with van der Waals surface area (Å²) in [6, 6.07) is 5.81. The highest BCUT2D eigenvalue weighted by Crippen LogP contribution is 2.39. The van der Waals surface area contributed by atoms with Crippen LogP contribution in [0, 0.1) is 5.92 Å². The van der Waals surface area contributed by atoms with Crippen molar-refractivity contribution in [3.63, 3.8) is 0 Å². The molecule has 140 valence electrons. The van der Waals surface area contributed by atoms with Crippen molar-refractivity contribution in [1.82, 2.24) is 4.72 Å². The summed E-state index contributed by atoms with van der Waals surface area (Å²) in [7, 11) is -7.08. The van der Waals surface area contributed by atoms with E-state index in [-0.39, 0.29) is 23.1 Å². The van der Waals surface area contributed by atoms with Crippen molar-refractivity contribution in [3.05, 3.63) is 24.3 Å². The van der Waals surface area contributed by atoms with Gasteiger partial charge in [-0.15, -0.1) is 0 Å². The summed E-state index contributed by atoms with van der Waals surface area (Å²) in [6.07, 6.45) is 3.26. The van der Waals surface area contributed by atoms with Gasteiger partial charge in [-0.25, -0.2) is 21.6 Å². The van der Waals surface area contributed by atoms with E-state index in [4.69, 9.17) is 0 Å². The fourth-order valence-corrected chi connectivity index (χ4v) is 5.83. The highest BCUT2D eigenvalue weighted by molar-refractivity contribution is 7.92. The molecule has 0 amide bonds. The number of nitrogens with one attached hydrogen (secondary N) is 1. The monoisotopic (exact) mass is 388 g/mol. The van der Waals surface area contributed by atoms with E-state index in [2.05, 4.69) is 4.72 Å². The van der Waals surface area contributed by atoms with E-state index in [9.17, 15) is 21.9 Å². The molecule has 1 aromatic carbocycles. The Labute approximate surface area is 149 Å². The summed E-state index contributed by atoms with van der Waals surface area (Å²) in [5, 5.41) is 10.2. The van der Waals surface area contributed by atoms with Crippen LogP contribution < -0.4 is 9.03 Å². The molecule has 1 atom stereocenters. The average Bonchev–Trinajstić information content (AvgIpc) is 3.38. The molecule has 2 N–H and O–H groups in total. The largest absolute Gasteiger partial charge is 0.389 e. The van der Waals surface area contributed by atoms with E-state index in [0.29, 0.717) is 18.7 Å². The van der Waals surface area contributed by atoms with Crippen LogP contribution in [0.2, 0.25) is 0 Å². The first-order valence-electron chi connectivity index (χ1n) is 8.44. The predicted octanol–water partition coefficient (Wildman–Crippen LogP) is 1.06. The van der Waals surface area contributed by atoms with Crippen LogP contribution in [-0.2, 0) is 20.0 Å². The Bertz CT molecular complexity index is 828. The van der Waals surface area contributed by atoms with Gasteiger partial charge in [0.25, 0.3) is 0 Å². The average molecular weight is 389 g/mol. The maximum Gasteiger partial charge on any atom is 0.240 e. The van der Waals surface area contributed by atoms with Crippen molar-refractivity contribution < 1.29 is 21.9 Å². The molecule has 7 nitrogen and oxygen atoms in total. The van der Waals surface area contributed by atoms with Gasteiger partial charge in [-0.05, 0) is 62.8 Å². The molecule has 0 aromatic heterocycles. The molecule has 9 heteroatoms. The third kappa shape index (κ3) is 4.16. The molecular formula is C16H24N2O5S2. The van der Waals surface area contributed by atoms with Gasteiger partial charge >= 0.3 is 0 Å². The first-order valence-corrected chi connectivity index (χ1v) is 11.5. The minimum atomic E-state index is -3.75. The fraction of sp³-hybridized carbons (Fsp3) is 0.625. The van der Waals surface area contributed by atoms with Crippen molar-refractivity contribution in [3.8, 4) is 0 Å². The number of rotatable bonds is 6. The van der Waals surface area contributed by atoms with Crippen molar-refractivity contribution in [2.24, 2.45) is 5.92 Å². The van der Waals surface area contributed by atoms with E-state index in [1.165, 1.54) is 28.6 Å². The molecule has 3 rings (SSSR count). The molecule has 2 aliphatic rings. The van der Waals surface area contributed by atoms with Gasteiger partial charge in [-0.3, -0.25) is 4.31 Å². The maximum absolute atomic E-state index is 12.4. The molecule has 1 aliphatic carbocycles. The fourth-order valence-electron chi connectivity index (χ4n) is 3.04. The van der Waals surface area contributed by atoms with Crippen LogP contribution in [0.4, 0.5) is 5.69 Å². The van der Waals surface area contributed by atoms with Crippen molar-refractivity contribution in [1.29, 1.82) is 0 Å². The summed E-state index contributed by atoms with van der Waals surface area (Å²) in [5.74, 6) is 0.257. The summed E-state index contributed by atoms with van der Waals surface area (Å²) in [6.45, 7) is 2.01. The van der Waals surface area contributed by atoms with Crippen LogP contribution in [0.15, 0.2) is 29.2 Å². The zero-order valence-electron chi connectivity index (χ0n) is 14.2. The lowest BCUT2D eigenvalue weighted by Gasteiger charge is -2.28. The Morgan fingerprint density at radius 3 is 2.44 bits per heavy atom. The SMILES string of the molecule is C[C@@](O)(CNS(=O)(=O)c1ccc(N2CCCCS2(=O)=O)cc1)C1CC1. The van der Waals surface area contributed by atoms with E-state index >= 15 is 0 Å². The molecule has 1 saturated carbocycles. The number of hydrogen-bond donors (Lipinski definition) is 2. The van der Waals surface area contributed by atoms with Crippen molar-refractivity contribution in [2.75, 3.05) is 23.1 Å². The Balaban J connectivity index is 1.72. The summed E-state index contributed by atoms with van der Waals surface area (Å²) < 4.78 is 52.8. The molecule has 25 heavy (non-hydrogen) atoms. The van der Waals surface area contributed by atoms with Gasteiger partial charge in [0.1, 0.15) is 0 Å². The number of anilines is 1. The minimum absolute atomic E-state index is 0.0394. The normalized spacial score (nSPS) is 23.2. The topological polar surface area (TPSA) is 104 Å². The predicted molar refractivity (Wildman–Crippen MR) is 95.3 cm³/mol. The molecule has 0 spiro atoms. The third-order valence-electron chi connectivity index (χ3n) is 4.86. The quantitative estimate of drug-likeness (QED) is 0.758. The lowest BCUT2D eigenvalue weighted by molar-refractivity contribution is 0.0422. The number of hydrogen-bond acceptors (Lipinski definition) is 5. The van der Waals surface area contributed by atoms with Crippen LogP contribution in [0.3, 0.4) is 0 Å². The Kier molecular flexibility index (Phi) is 4.87. The van der Waals surface area contributed by atoms with E-state index in [1.807, 2.05) is 0 Å². The Hall–Kier alpha value is -1.16. The molecule has 0 bridgehead atoms. The van der Waals surface area contributed by atoms with Gasteiger partial charge in [-0.2, -0.15) is 0 Å². The summed E-state index contributed by atoms with van der Waals surface area (Å²) >= 11 is 0. The van der Waals surface area contributed by atoms with Gasteiger partial charge in [0, 0.05) is 13.1 Å². The standard InChI is InChI=1S/C16H24N2O5S2/c1-16(19,13-4-5-13)12-17-25(22,23)15-8-6-14(7-9-15)18-10-2-3-11-24(18,20)21/h6-9,13,17,19H,2-5,10-12H2,1H3/t16-/m1/s1. The summed E-state index contributed by atoms with van der Waals surface area (Å²) in [4.78, 5) is 0.0530. The van der Waals surface area contributed by atoms with Gasteiger partial charge in [0.15, 0.2) is 0 Å². The molecular weight excluding hydrogens is 364 g/mol. The van der Waals surface area contributed by atoms with Crippen LogP contribution in [0.1, 0.15) is 32.6 Å². The van der Waals surface area contributed by atoms with Crippen LogP contribution >= 0.6 is 0 Å². The molecule has 2 fully saturated rings. The molecule has 1 aliphatic heterocycles. The highest BCUT2D eigenvalue weighted by atomic mass is 32.2. The number of aliphatic hydroxyl groups is 1. The van der Waals surface area contributed by atoms with Gasteiger partial charge in [-0.1, -0.05) is 0 Å². The molecule has 0 unspecified atom stereocenters. The zero-order valence-corrected chi connectivity index (χ0v) is 15.8. The van der Waals surface area contributed by atoms with Crippen molar-refractivity contribution in [2.45, 2.75) is 43.1 Å². The second-order valence-corrected chi connectivity index (χ2v) is 10.8. The van der Waals surface area contributed by atoms with Crippen LogP contribution in [-0.4, -0.2) is 46.4 Å². The molecule has 1 heterocycles. The zero-order chi connectivity index (χ0) is 18.3. The number of sulfonamides is 2. The lowest BCUT2D eigenvalue weighted by Crippen LogP contribution is -2.42. The summed E-state index contributed by atoms with van der Waals surface area (Å²) in [5.41, 5.74) is -0.571. The Morgan fingerprint density at radius 2 is 1.88 bits per heavy atom. The van der Waals surface area contributed by atoms with Crippen LogP contribution in [0.25, 0.3) is 0 Å². The Morgan fingerprint density at radius 1 is 1.24 bits per heavy atom. The van der Waals surface area contributed by atoms with Crippen molar-refractivity contribution >= 4 is 25.7 Å². The van der Waals surface area contributed by atoms with Gasteiger partial charge in [0.05, 0.1) is 21.9 Å². The number of benzene rings is 1. The smallest absolute Gasteiger partial charge is 0.240 e.